The molecule has 1 heterocycles. The summed E-state index contributed by atoms with van der Waals surface area (Å²) in [7, 11) is 0. The van der Waals surface area contributed by atoms with E-state index in [2.05, 4.69) is 16.0 Å². The van der Waals surface area contributed by atoms with Gasteiger partial charge >= 0.3 is 12.0 Å². The van der Waals surface area contributed by atoms with Crippen molar-refractivity contribution in [1.82, 2.24) is 20.9 Å². The molecule has 0 radical (unpaired) electrons. The molecule has 12 nitrogen and oxygen atoms in total. The third-order valence-electron chi connectivity index (χ3n) is 9.68. The number of benzene rings is 1. The highest BCUT2D eigenvalue weighted by Crippen LogP contribution is 2.34. The zero-order valence-corrected chi connectivity index (χ0v) is 29.7. The van der Waals surface area contributed by atoms with Crippen LogP contribution in [0, 0.1) is 29.1 Å². The van der Waals surface area contributed by atoms with Crippen LogP contribution in [0.4, 0.5) is 4.79 Å². The average Bonchev–Trinajstić information content (AvgIpc) is 3.44. The number of primary amides is 1. The third-order valence-corrected chi connectivity index (χ3v) is 9.68. The molecule has 1 aliphatic heterocycles. The van der Waals surface area contributed by atoms with Crippen LogP contribution < -0.4 is 21.7 Å². The Balaban J connectivity index is 1.79. The predicted molar refractivity (Wildman–Crippen MR) is 181 cm³/mol. The first kappa shape index (κ1) is 38.5. The number of ketones is 1. The molecule has 0 bridgehead atoms. The molecule has 1 aromatic rings. The van der Waals surface area contributed by atoms with Gasteiger partial charge in [0.25, 0.3) is 5.91 Å². The Morgan fingerprint density at radius 1 is 0.917 bits per heavy atom. The second kappa shape index (κ2) is 16.4. The number of carbonyl (C=O) groups is 6. The Hall–Kier alpha value is -3.96. The van der Waals surface area contributed by atoms with Crippen molar-refractivity contribution in [3.05, 3.63) is 35.9 Å². The van der Waals surface area contributed by atoms with Gasteiger partial charge in [-0.2, -0.15) is 0 Å². The zero-order chi connectivity index (χ0) is 35.9. The van der Waals surface area contributed by atoms with Gasteiger partial charge in [-0.15, -0.1) is 0 Å². The number of nitrogens with zero attached hydrogens (tertiary/aromatic N) is 1. The molecule has 5 amide bonds. The minimum Gasteiger partial charge on any atom is -0.456 e. The lowest BCUT2D eigenvalue weighted by Crippen LogP contribution is -2.62. The smallest absolute Gasteiger partial charge is 0.329 e. The summed E-state index contributed by atoms with van der Waals surface area (Å²) < 4.78 is 5.68. The number of urea groups is 1. The molecule has 0 aromatic heterocycles. The number of amides is 5. The van der Waals surface area contributed by atoms with Gasteiger partial charge in [-0.1, -0.05) is 98.1 Å². The van der Waals surface area contributed by atoms with E-state index in [9.17, 15) is 28.8 Å². The molecule has 2 fully saturated rings. The van der Waals surface area contributed by atoms with Crippen molar-refractivity contribution >= 4 is 35.5 Å². The number of rotatable bonds is 14. The Kier molecular flexibility index (Phi) is 13.2. The largest absolute Gasteiger partial charge is 0.456 e. The quantitative estimate of drug-likeness (QED) is 0.173. The molecule has 1 aromatic carbocycles. The molecule has 2 unspecified atom stereocenters. The van der Waals surface area contributed by atoms with Crippen molar-refractivity contribution in [3.8, 4) is 0 Å². The second-order valence-corrected chi connectivity index (χ2v) is 15.1. The second-order valence-electron chi connectivity index (χ2n) is 15.1. The summed E-state index contributed by atoms with van der Waals surface area (Å²) in [5, 5.41) is 8.26. The molecule has 2 aliphatic rings. The first-order chi connectivity index (χ1) is 22.4. The molecule has 1 saturated heterocycles. The minimum absolute atomic E-state index is 0.0240. The van der Waals surface area contributed by atoms with E-state index in [0.717, 1.165) is 24.8 Å². The maximum Gasteiger partial charge on any atom is 0.329 e. The van der Waals surface area contributed by atoms with E-state index in [1.54, 1.807) is 41.5 Å². The fourth-order valence-electron chi connectivity index (χ4n) is 6.49. The number of nitrogens with one attached hydrogen (secondary N) is 3. The normalized spacial score (nSPS) is 20.7. The number of nitrogens with two attached hydrogens (primary N) is 1. The number of Topliss-reactive ketones (excluding diaryl/α,β-unsaturated/α-hetero) is 1. The highest BCUT2D eigenvalue weighted by atomic mass is 16.5. The minimum atomic E-state index is -1.11. The SMILES string of the molecule is CC(C)C1CCN(C(=O)[C@@H](NC(=O)N[C@H](C(=O)O[C@H](C)c2ccccc2)C(C)C)C(C)(C)C)[C@@H]1C(=O)NC(CC1CCC1)C(=O)C(N)=O. The lowest BCUT2D eigenvalue weighted by Gasteiger charge is -2.37. The van der Waals surface area contributed by atoms with E-state index in [-0.39, 0.29) is 30.2 Å². The van der Waals surface area contributed by atoms with Crippen LogP contribution in [0.2, 0.25) is 0 Å². The molecule has 0 spiro atoms. The number of likely N-dealkylation sites (tertiary alicyclic amines) is 1. The molecule has 3 rings (SSSR count). The number of carbonyl (C=O) groups excluding carboxylic acids is 6. The van der Waals surface area contributed by atoms with E-state index < -0.39 is 71.2 Å². The monoisotopic (exact) mass is 669 g/mol. The number of esters is 1. The molecular formula is C36H55N5O7. The molecule has 1 aliphatic carbocycles. The summed E-state index contributed by atoms with van der Waals surface area (Å²) in [6.07, 6.45) is 3.16. The molecule has 1 saturated carbocycles. The fraction of sp³-hybridized carbons (Fsp3) is 0.667. The van der Waals surface area contributed by atoms with Gasteiger partial charge in [0, 0.05) is 6.54 Å². The topological polar surface area (TPSA) is 177 Å². The van der Waals surface area contributed by atoms with Crippen LogP contribution in [-0.4, -0.2) is 71.1 Å². The number of hydrogen-bond acceptors (Lipinski definition) is 7. The van der Waals surface area contributed by atoms with Crippen LogP contribution in [0.25, 0.3) is 0 Å². The highest BCUT2D eigenvalue weighted by molar-refractivity contribution is 6.37. The van der Waals surface area contributed by atoms with Crippen LogP contribution in [0.1, 0.15) is 99.2 Å². The summed E-state index contributed by atoms with van der Waals surface area (Å²) in [4.78, 5) is 80.9. The first-order valence-corrected chi connectivity index (χ1v) is 17.2. The van der Waals surface area contributed by atoms with Crippen molar-refractivity contribution < 1.29 is 33.5 Å². The summed E-state index contributed by atoms with van der Waals surface area (Å²) >= 11 is 0. The molecule has 48 heavy (non-hydrogen) atoms. The van der Waals surface area contributed by atoms with Crippen molar-refractivity contribution in [2.24, 2.45) is 34.8 Å². The average molecular weight is 670 g/mol. The summed E-state index contributed by atoms with van der Waals surface area (Å²) in [6.45, 7) is 14.9. The zero-order valence-electron chi connectivity index (χ0n) is 29.7. The summed E-state index contributed by atoms with van der Waals surface area (Å²) in [5.41, 5.74) is 5.36. The molecule has 266 valence electrons. The van der Waals surface area contributed by atoms with Crippen LogP contribution in [0.3, 0.4) is 0 Å². The van der Waals surface area contributed by atoms with Gasteiger partial charge in [0.05, 0.1) is 6.04 Å². The number of hydrogen-bond donors (Lipinski definition) is 4. The first-order valence-electron chi connectivity index (χ1n) is 17.2. The maximum atomic E-state index is 14.3. The van der Waals surface area contributed by atoms with E-state index in [4.69, 9.17) is 10.5 Å². The highest BCUT2D eigenvalue weighted by Gasteiger charge is 2.48. The van der Waals surface area contributed by atoms with Crippen molar-refractivity contribution in [1.29, 1.82) is 0 Å². The Morgan fingerprint density at radius 3 is 2.04 bits per heavy atom. The number of ether oxygens (including phenoxy) is 1. The van der Waals surface area contributed by atoms with E-state index >= 15 is 0 Å². The van der Waals surface area contributed by atoms with Gasteiger partial charge in [-0.05, 0) is 54.4 Å². The predicted octanol–water partition coefficient (Wildman–Crippen LogP) is 3.63. The van der Waals surface area contributed by atoms with Crippen LogP contribution in [0.5, 0.6) is 0 Å². The van der Waals surface area contributed by atoms with Gasteiger partial charge < -0.3 is 31.3 Å². The Labute approximate surface area is 284 Å². The van der Waals surface area contributed by atoms with Crippen molar-refractivity contribution in [2.75, 3.05) is 6.54 Å². The van der Waals surface area contributed by atoms with Gasteiger partial charge in [0.15, 0.2) is 0 Å². The van der Waals surface area contributed by atoms with E-state index in [1.165, 1.54) is 4.90 Å². The maximum absolute atomic E-state index is 14.3. The van der Waals surface area contributed by atoms with Crippen molar-refractivity contribution in [2.45, 2.75) is 118 Å². The van der Waals surface area contributed by atoms with Crippen LogP contribution in [0.15, 0.2) is 30.3 Å². The van der Waals surface area contributed by atoms with Gasteiger partial charge in [0.1, 0.15) is 24.2 Å². The van der Waals surface area contributed by atoms with E-state index in [0.29, 0.717) is 12.8 Å². The fourth-order valence-corrected chi connectivity index (χ4v) is 6.49. The molecular weight excluding hydrogens is 614 g/mol. The Morgan fingerprint density at radius 2 is 1.54 bits per heavy atom. The van der Waals surface area contributed by atoms with E-state index in [1.807, 2.05) is 44.2 Å². The van der Waals surface area contributed by atoms with Crippen LogP contribution >= 0.6 is 0 Å². The van der Waals surface area contributed by atoms with Crippen molar-refractivity contribution in [3.63, 3.8) is 0 Å². The van der Waals surface area contributed by atoms with Gasteiger partial charge in [-0.25, -0.2) is 9.59 Å². The van der Waals surface area contributed by atoms with Gasteiger partial charge in [0.2, 0.25) is 17.6 Å². The Bertz CT molecular complexity index is 1320. The lowest BCUT2D eigenvalue weighted by molar-refractivity contribution is -0.152. The molecule has 5 N–H and O–H groups in total. The third kappa shape index (κ3) is 9.79. The summed E-state index contributed by atoms with van der Waals surface area (Å²) in [5.74, 6) is -3.85. The van der Waals surface area contributed by atoms with Crippen LogP contribution in [-0.2, 0) is 28.7 Å². The van der Waals surface area contributed by atoms with Gasteiger partial charge in [-0.3, -0.25) is 19.2 Å². The molecule has 12 heteroatoms. The summed E-state index contributed by atoms with van der Waals surface area (Å²) in [6, 6.07) is 4.50. The molecule has 6 atom stereocenters. The lowest BCUT2D eigenvalue weighted by atomic mass is 9.80. The standard InChI is InChI=1S/C36H55N5O7/c1-20(2)25-17-18-41(28(25)32(44)38-26(29(42)31(37)43)19-23-13-12-14-23)33(45)30(36(6,7)8)40-35(47)39-27(21(3)4)34(46)48-22(5)24-15-10-9-11-16-24/h9-11,15-16,20-23,25-28,30H,12-14,17-19H2,1-8H3,(H2,37,43)(H,38,44)(H2,39,40,47)/t22-,25?,26?,27+,28+,30-/m1/s1.